The Morgan fingerprint density at radius 3 is 2.29 bits per heavy atom. The van der Waals surface area contributed by atoms with Crippen LogP contribution in [0.3, 0.4) is 0 Å². The first-order valence-electron chi connectivity index (χ1n) is 6.19. The number of likely N-dealkylation sites (N-methyl/N-ethyl adjacent to an activating group) is 1. The minimum absolute atomic E-state index is 0.120. The van der Waals surface area contributed by atoms with E-state index in [4.69, 9.17) is 5.11 Å². The van der Waals surface area contributed by atoms with E-state index in [1.807, 2.05) is 18.7 Å². The SMILES string of the molecule is CC(C)N(CCNCC[N+](C)(C)C)CC(=O)O. The van der Waals surface area contributed by atoms with E-state index >= 15 is 0 Å². The van der Waals surface area contributed by atoms with Crippen LogP contribution in [0.4, 0.5) is 0 Å². The van der Waals surface area contributed by atoms with Gasteiger partial charge in [0.2, 0.25) is 0 Å². The second kappa shape index (κ2) is 7.63. The molecule has 0 fully saturated rings. The van der Waals surface area contributed by atoms with Crippen LogP contribution in [0.2, 0.25) is 0 Å². The van der Waals surface area contributed by atoms with Gasteiger partial charge in [0, 0.05) is 25.7 Å². The van der Waals surface area contributed by atoms with Crippen molar-refractivity contribution in [2.45, 2.75) is 19.9 Å². The Hall–Kier alpha value is -0.650. The molecule has 0 radical (unpaired) electrons. The Kier molecular flexibility index (Phi) is 7.34. The van der Waals surface area contributed by atoms with Crippen molar-refractivity contribution in [3.63, 3.8) is 0 Å². The van der Waals surface area contributed by atoms with Crippen molar-refractivity contribution in [1.82, 2.24) is 10.2 Å². The standard InChI is InChI=1S/C12H27N3O2/c1-11(2)14(10-12(16)17)8-6-13-7-9-15(3,4)5/h11,13H,6-10H2,1-5H3/p+1. The first-order chi connectivity index (χ1) is 7.72. The summed E-state index contributed by atoms with van der Waals surface area (Å²) in [5.74, 6) is -0.759. The number of quaternary nitrogens is 1. The van der Waals surface area contributed by atoms with E-state index in [-0.39, 0.29) is 12.6 Å². The maximum atomic E-state index is 10.7. The van der Waals surface area contributed by atoms with Gasteiger partial charge in [-0.05, 0) is 13.8 Å². The van der Waals surface area contributed by atoms with Gasteiger partial charge in [-0.1, -0.05) is 0 Å². The zero-order valence-corrected chi connectivity index (χ0v) is 11.9. The molecule has 0 amide bonds. The Bertz CT molecular complexity index is 224. The first-order valence-corrected chi connectivity index (χ1v) is 6.19. The number of nitrogens with one attached hydrogen (secondary N) is 1. The summed E-state index contributed by atoms with van der Waals surface area (Å²) in [5.41, 5.74) is 0. The zero-order valence-electron chi connectivity index (χ0n) is 11.9. The largest absolute Gasteiger partial charge is 0.480 e. The van der Waals surface area contributed by atoms with Crippen LogP contribution < -0.4 is 5.32 Å². The molecule has 0 aliphatic rings. The molecule has 5 heteroatoms. The molecular weight excluding hydrogens is 218 g/mol. The van der Waals surface area contributed by atoms with Crippen LogP contribution >= 0.6 is 0 Å². The molecule has 0 unspecified atom stereocenters. The van der Waals surface area contributed by atoms with Gasteiger partial charge in [-0.15, -0.1) is 0 Å². The van der Waals surface area contributed by atoms with E-state index < -0.39 is 5.97 Å². The molecular formula is C12H28N3O2+. The number of rotatable bonds is 9. The second-order valence-corrected chi connectivity index (χ2v) is 5.72. The van der Waals surface area contributed by atoms with E-state index in [0.29, 0.717) is 0 Å². The van der Waals surface area contributed by atoms with Gasteiger partial charge in [-0.25, -0.2) is 0 Å². The van der Waals surface area contributed by atoms with Gasteiger partial charge in [0.1, 0.15) is 0 Å². The predicted octanol–water partition coefficient (Wildman–Crippen LogP) is 0.0772. The Morgan fingerprint density at radius 1 is 1.29 bits per heavy atom. The molecule has 0 aromatic carbocycles. The van der Waals surface area contributed by atoms with Crippen molar-refractivity contribution in [3.05, 3.63) is 0 Å². The van der Waals surface area contributed by atoms with Crippen molar-refractivity contribution in [1.29, 1.82) is 0 Å². The third-order valence-corrected chi connectivity index (χ3v) is 2.60. The Labute approximate surface area is 105 Å². The lowest BCUT2D eigenvalue weighted by atomic mass is 10.3. The second-order valence-electron chi connectivity index (χ2n) is 5.72. The van der Waals surface area contributed by atoms with Gasteiger partial charge in [-0.2, -0.15) is 0 Å². The van der Waals surface area contributed by atoms with Crippen LogP contribution in [0.25, 0.3) is 0 Å². The van der Waals surface area contributed by atoms with E-state index in [1.54, 1.807) is 0 Å². The summed E-state index contributed by atoms with van der Waals surface area (Å²) in [6.45, 7) is 7.81. The number of carbonyl (C=O) groups is 1. The molecule has 0 heterocycles. The van der Waals surface area contributed by atoms with Gasteiger partial charge in [0.25, 0.3) is 0 Å². The monoisotopic (exact) mass is 246 g/mol. The highest BCUT2D eigenvalue weighted by Crippen LogP contribution is 1.96. The molecule has 0 aromatic rings. The maximum Gasteiger partial charge on any atom is 0.317 e. The average molecular weight is 246 g/mol. The van der Waals surface area contributed by atoms with E-state index in [1.165, 1.54) is 0 Å². The van der Waals surface area contributed by atoms with Gasteiger partial charge < -0.3 is 14.9 Å². The molecule has 2 N–H and O–H groups in total. The molecule has 0 spiro atoms. The Balaban J connectivity index is 3.72. The summed E-state index contributed by atoms with van der Waals surface area (Å²) in [4.78, 5) is 12.6. The van der Waals surface area contributed by atoms with Crippen LogP contribution in [-0.2, 0) is 4.79 Å². The van der Waals surface area contributed by atoms with E-state index in [2.05, 4.69) is 26.5 Å². The molecule has 0 aliphatic carbocycles. The van der Waals surface area contributed by atoms with Crippen LogP contribution in [0.5, 0.6) is 0 Å². The summed E-state index contributed by atoms with van der Waals surface area (Å²) in [5, 5.41) is 12.1. The Morgan fingerprint density at radius 2 is 1.88 bits per heavy atom. The number of aliphatic carboxylic acids is 1. The predicted molar refractivity (Wildman–Crippen MR) is 70.1 cm³/mol. The molecule has 0 saturated heterocycles. The highest BCUT2D eigenvalue weighted by molar-refractivity contribution is 5.69. The van der Waals surface area contributed by atoms with E-state index in [9.17, 15) is 4.79 Å². The van der Waals surface area contributed by atoms with Gasteiger partial charge in [0.05, 0.1) is 34.2 Å². The third-order valence-electron chi connectivity index (χ3n) is 2.60. The van der Waals surface area contributed by atoms with Crippen LogP contribution in [-0.4, -0.2) is 80.4 Å². The minimum atomic E-state index is -0.759. The van der Waals surface area contributed by atoms with Gasteiger partial charge in [-0.3, -0.25) is 9.69 Å². The molecule has 0 atom stereocenters. The summed E-state index contributed by atoms with van der Waals surface area (Å²) >= 11 is 0. The lowest BCUT2D eigenvalue weighted by Gasteiger charge is -2.26. The van der Waals surface area contributed by atoms with Crippen molar-refractivity contribution in [3.8, 4) is 0 Å². The number of hydrogen-bond donors (Lipinski definition) is 2. The van der Waals surface area contributed by atoms with Crippen LogP contribution in [0, 0.1) is 0 Å². The van der Waals surface area contributed by atoms with E-state index in [0.717, 1.165) is 30.7 Å². The molecule has 102 valence electrons. The van der Waals surface area contributed by atoms with Crippen molar-refractivity contribution in [2.75, 3.05) is 53.9 Å². The number of carboxylic acids is 1. The van der Waals surface area contributed by atoms with Crippen molar-refractivity contribution >= 4 is 5.97 Å². The maximum absolute atomic E-state index is 10.7. The number of hydrogen-bond acceptors (Lipinski definition) is 3. The number of nitrogens with zero attached hydrogens (tertiary/aromatic N) is 2. The average Bonchev–Trinajstić information content (AvgIpc) is 2.12. The highest BCUT2D eigenvalue weighted by atomic mass is 16.4. The number of carboxylic acid groups (broad SMARTS) is 1. The van der Waals surface area contributed by atoms with Crippen LogP contribution in [0.1, 0.15) is 13.8 Å². The summed E-state index contributed by atoms with van der Waals surface area (Å²) in [6.07, 6.45) is 0. The molecule has 0 rings (SSSR count). The fourth-order valence-electron chi connectivity index (χ4n) is 1.46. The summed E-state index contributed by atoms with van der Waals surface area (Å²) in [7, 11) is 6.48. The van der Waals surface area contributed by atoms with Gasteiger partial charge >= 0.3 is 5.97 Å². The van der Waals surface area contributed by atoms with Crippen molar-refractivity contribution < 1.29 is 14.4 Å². The molecule has 17 heavy (non-hydrogen) atoms. The normalized spacial score (nSPS) is 12.4. The third kappa shape index (κ3) is 10.2. The quantitative estimate of drug-likeness (QED) is 0.447. The fourth-order valence-corrected chi connectivity index (χ4v) is 1.46. The summed E-state index contributed by atoms with van der Waals surface area (Å²) < 4.78 is 0.940. The van der Waals surface area contributed by atoms with Crippen LogP contribution in [0.15, 0.2) is 0 Å². The van der Waals surface area contributed by atoms with Gasteiger partial charge in [0.15, 0.2) is 0 Å². The molecule has 0 saturated carbocycles. The molecule has 0 aromatic heterocycles. The lowest BCUT2D eigenvalue weighted by molar-refractivity contribution is -0.869. The smallest absolute Gasteiger partial charge is 0.317 e. The van der Waals surface area contributed by atoms with Crippen molar-refractivity contribution in [2.24, 2.45) is 0 Å². The minimum Gasteiger partial charge on any atom is -0.480 e. The molecule has 5 nitrogen and oxygen atoms in total. The summed E-state index contributed by atoms with van der Waals surface area (Å²) in [6, 6.07) is 0.270. The fraction of sp³-hybridized carbons (Fsp3) is 0.917. The highest BCUT2D eigenvalue weighted by Gasteiger charge is 2.12. The first kappa shape index (κ1) is 16.4. The molecule has 0 bridgehead atoms. The molecule has 0 aliphatic heterocycles. The zero-order chi connectivity index (χ0) is 13.5. The topological polar surface area (TPSA) is 52.6 Å². The lowest BCUT2D eigenvalue weighted by Crippen LogP contribution is -2.43.